The Kier molecular flexibility index (Phi) is 6.83. The van der Waals surface area contributed by atoms with Crippen molar-refractivity contribution in [3.8, 4) is 5.75 Å². The number of urea groups is 1. The van der Waals surface area contributed by atoms with Crippen molar-refractivity contribution in [3.63, 3.8) is 0 Å². The van der Waals surface area contributed by atoms with Crippen molar-refractivity contribution in [2.75, 3.05) is 18.4 Å². The first kappa shape index (κ1) is 22.4. The van der Waals surface area contributed by atoms with Gasteiger partial charge in [-0.1, -0.05) is 44.6 Å². The third kappa shape index (κ3) is 5.90. The zero-order chi connectivity index (χ0) is 22.6. The fourth-order valence-corrected chi connectivity index (χ4v) is 4.66. The summed E-state index contributed by atoms with van der Waals surface area (Å²) in [6.07, 6.45) is 11.6. The van der Waals surface area contributed by atoms with Crippen LogP contribution in [0.15, 0.2) is 54.4 Å². The molecule has 0 bridgehead atoms. The molecule has 1 aromatic carbocycles. The highest BCUT2D eigenvalue weighted by Gasteiger charge is 2.28. The van der Waals surface area contributed by atoms with E-state index in [0.717, 1.165) is 37.2 Å². The predicted octanol–water partition coefficient (Wildman–Crippen LogP) is 6.39. The van der Waals surface area contributed by atoms with Gasteiger partial charge in [0.05, 0.1) is 18.0 Å². The molecule has 1 aromatic heterocycles. The first-order chi connectivity index (χ1) is 15.4. The maximum atomic E-state index is 12.6. The summed E-state index contributed by atoms with van der Waals surface area (Å²) in [7, 11) is 0. The van der Waals surface area contributed by atoms with E-state index < -0.39 is 0 Å². The lowest BCUT2D eigenvalue weighted by molar-refractivity contribution is 0.0987. The zero-order valence-corrected chi connectivity index (χ0v) is 19.5. The van der Waals surface area contributed by atoms with Gasteiger partial charge in [-0.2, -0.15) is 0 Å². The van der Waals surface area contributed by atoms with Crippen molar-refractivity contribution >= 4 is 17.8 Å². The number of nitrogens with zero attached hydrogens (tertiary/aromatic N) is 2. The molecular formula is C27H35N3O2. The van der Waals surface area contributed by atoms with Crippen LogP contribution in [-0.2, 0) is 0 Å². The topological polar surface area (TPSA) is 54.5 Å². The molecule has 1 saturated carbocycles. The fraction of sp³-hybridized carbons (Fsp3) is 0.481. The van der Waals surface area contributed by atoms with Gasteiger partial charge in [0.2, 0.25) is 0 Å². The molecule has 1 atom stereocenters. The van der Waals surface area contributed by atoms with Gasteiger partial charge in [-0.15, -0.1) is 0 Å². The van der Waals surface area contributed by atoms with Gasteiger partial charge >= 0.3 is 6.03 Å². The Balaban J connectivity index is 1.34. The molecule has 2 aromatic rings. The second-order valence-electron chi connectivity index (χ2n) is 10.0. The van der Waals surface area contributed by atoms with Gasteiger partial charge in [0.15, 0.2) is 0 Å². The molecular weight excluding hydrogens is 398 g/mol. The van der Waals surface area contributed by atoms with E-state index in [9.17, 15) is 4.79 Å². The van der Waals surface area contributed by atoms with Gasteiger partial charge in [0.1, 0.15) is 5.75 Å². The molecule has 5 nitrogen and oxygen atoms in total. The predicted molar refractivity (Wildman–Crippen MR) is 130 cm³/mol. The van der Waals surface area contributed by atoms with Gasteiger partial charge in [0, 0.05) is 19.3 Å². The Morgan fingerprint density at radius 3 is 2.75 bits per heavy atom. The molecule has 1 saturated heterocycles. The summed E-state index contributed by atoms with van der Waals surface area (Å²) in [6.45, 7) is 8.33. The van der Waals surface area contributed by atoms with E-state index in [0.29, 0.717) is 24.0 Å². The highest BCUT2D eigenvalue weighted by Crippen LogP contribution is 2.36. The average molecular weight is 434 g/mol. The summed E-state index contributed by atoms with van der Waals surface area (Å²) in [5.41, 5.74) is 3.73. The lowest BCUT2D eigenvalue weighted by atomic mass is 9.76. The number of carbonyl (C=O) groups is 1. The number of likely N-dealkylation sites (tertiary alicyclic amines) is 1. The van der Waals surface area contributed by atoms with Crippen LogP contribution in [-0.4, -0.2) is 35.1 Å². The van der Waals surface area contributed by atoms with Crippen LogP contribution in [0.25, 0.3) is 6.08 Å². The lowest BCUT2D eigenvalue weighted by Crippen LogP contribution is -2.42. The Morgan fingerprint density at radius 2 is 2.03 bits per heavy atom. The number of nitrogens with one attached hydrogen (secondary N) is 1. The third-order valence-corrected chi connectivity index (χ3v) is 6.80. The number of piperidine rings is 1. The van der Waals surface area contributed by atoms with Crippen LogP contribution in [0.2, 0.25) is 0 Å². The number of hydrogen-bond acceptors (Lipinski definition) is 3. The summed E-state index contributed by atoms with van der Waals surface area (Å²) in [5.74, 6) is 1.28. The fourth-order valence-electron chi connectivity index (χ4n) is 4.66. The summed E-state index contributed by atoms with van der Waals surface area (Å²) >= 11 is 0. The van der Waals surface area contributed by atoms with Gasteiger partial charge in [-0.25, -0.2) is 4.79 Å². The highest BCUT2D eigenvalue weighted by atomic mass is 16.5. The first-order valence-corrected chi connectivity index (χ1v) is 11.8. The molecule has 2 fully saturated rings. The minimum Gasteiger partial charge on any atom is -0.490 e. The molecule has 1 N–H and O–H groups in total. The quantitative estimate of drug-likeness (QED) is 0.608. The van der Waals surface area contributed by atoms with Crippen molar-refractivity contribution in [3.05, 3.63) is 59.9 Å². The molecule has 2 amide bonds. The number of aromatic nitrogens is 1. The molecule has 5 heteroatoms. The van der Waals surface area contributed by atoms with Crippen LogP contribution in [0, 0.1) is 11.3 Å². The summed E-state index contributed by atoms with van der Waals surface area (Å²) < 4.78 is 6.31. The molecule has 2 heterocycles. The second kappa shape index (κ2) is 9.76. The Morgan fingerprint density at radius 1 is 1.22 bits per heavy atom. The molecule has 0 radical (unpaired) electrons. The molecule has 1 aliphatic heterocycles. The Hall–Kier alpha value is -2.82. The smallest absolute Gasteiger partial charge is 0.321 e. The number of rotatable bonds is 4. The molecule has 0 spiro atoms. The molecule has 1 aliphatic carbocycles. The van der Waals surface area contributed by atoms with Crippen LogP contribution in [0.1, 0.15) is 58.4 Å². The molecule has 1 unspecified atom stereocenters. The van der Waals surface area contributed by atoms with E-state index in [1.54, 1.807) is 12.4 Å². The van der Waals surface area contributed by atoms with Gasteiger partial charge in [-0.3, -0.25) is 4.98 Å². The lowest BCUT2D eigenvalue weighted by Gasteiger charge is -2.34. The maximum Gasteiger partial charge on any atom is 0.321 e. The number of ether oxygens (including phenoxy) is 1. The standard InChI is InChI=1S/C27H35N3O2/c1-20-19-30(26(31)29-23-7-5-14-28-18-23)15-11-22(20)16-21-6-4-8-25(17-21)32-24-9-12-27(2,3)13-10-24/h4-8,14,16-18,20,24H,9-13,15,19H2,1-3H3,(H,29,31)/b22-16+. The van der Waals surface area contributed by atoms with E-state index >= 15 is 0 Å². The number of hydrogen-bond donors (Lipinski definition) is 1. The Bertz CT molecular complexity index is 944. The molecule has 32 heavy (non-hydrogen) atoms. The van der Waals surface area contributed by atoms with Gasteiger partial charge in [0.25, 0.3) is 0 Å². The van der Waals surface area contributed by atoms with Gasteiger partial charge in [-0.05, 0) is 73.3 Å². The average Bonchev–Trinajstić information content (AvgIpc) is 2.77. The highest BCUT2D eigenvalue weighted by molar-refractivity contribution is 5.89. The van der Waals surface area contributed by atoms with Crippen LogP contribution in [0.4, 0.5) is 10.5 Å². The van der Waals surface area contributed by atoms with E-state index in [2.05, 4.69) is 61.4 Å². The SMILES string of the molecule is CC1CN(C(=O)Nc2cccnc2)CC/C1=C\c1cccc(OC2CCC(C)(C)CC2)c1. The van der Waals surface area contributed by atoms with Crippen LogP contribution >= 0.6 is 0 Å². The number of pyridine rings is 1. The number of amides is 2. The van der Waals surface area contributed by atoms with Crippen molar-refractivity contribution in [2.24, 2.45) is 11.3 Å². The monoisotopic (exact) mass is 433 g/mol. The van der Waals surface area contributed by atoms with Gasteiger partial charge < -0.3 is 15.0 Å². The summed E-state index contributed by atoms with van der Waals surface area (Å²) in [5, 5.41) is 2.94. The van der Waals surface area contributed by atoms with Crippen molar-refractivity contribution in [1.82, 2.24) is 9.88 Å². The van der Waals surface area contributed by atoms with E-state index in [1.165, 1.54) is 24.0 Å². The third-order valence-electron chi connectivity index (χ3n) is 6.80. The summed E-state index contributed by atoms with van der Waals surface area (Å²) in [4.78, 5) is 18.5. The van der Waals surface area contributed by atoms with Crippen molar-refractivity contribution < 1.29 is 9.53 Å². The number of benzene rings is 1. The maximum absolute atomic E-state index is 12.6. The van der Waals surface area contributed by atoms with Crippen molar-refractivity contribution in [2.45, 2.75) is 59.0 Å². The van der Waals surface area contributed by atoms with E-state index in [-0.39, 0.29) is 6.03 Å². The van der Waals surface area contributed by atoms with Crippen LogP contribution in [0.5, 0.6) is 5.75 Å². The van der Waals surface area contributed by atoms with Crippen LogP contribution in [0.3, 0.4) is 0 Å². The zero-order valence-electron chi connectivity index (χ0n) is 19.5. The molecule has 2 aliphatic rings. The normalized spacial score (nSPS) is 22.5. The van der Waals surface area contributed by atoms with E-state index in [1.807, 2.05) is 17.0 Å². The number of carbonyl (C=O) groups excluding carboxylic acids is 1. The number of anilines is 1. The molecule has 4 rings (SSSR count). The molecule has 170 valence electrons. The second-order valence-corrected chi connectivity index (χ2v) is 10.0. The van der Waals surface area contributed by atoms with E-state index in [4.69, 9.17) is 4.74 Å². The minimum atomic E-state index is -0.0602. The van der Waals surface area contributed by atoms with Crippen molar-refractivity contribution in [1.29, 1.82) is 0 Å². The minimum absolute atomic E-state index is 0.0602. The Labute approximate surface area is 191 Å². The first-order valence-electron chi connectivity index (χ1n) is 11.8. The largest absolute Gasteiger partial charge is 0.490 e. The van der Waals surface area contributed by atoms with Crippen LogP contribution < -0.4 is 10.1 Å². The summed E-state index contributed by atoms with van der Waals surface area (Å²) in [6, 6.07) is 12.1.